The summed E-state index contributed by atoms with van der Waals surface area (Å²) in [5, 5.41) is 2.89. The highest BCUT2D eigenvalue weighted by atomic mass is 14.8. The molecule has 0 aromatic rings. The molecule has 0 aliphatic heterocycles. The van der Waals surface area contributed by atoms with Gasteiger partial charge in [0.15, 0.2) is 0 Å². The van der Waals surface area contributed by atoms with Crippen molar-refractivity contribution in [3.05, 3.63) is 12.2 Å². The van der Waals surface area contributed by atoms with Crippen molar-refractivity contribution in [2.45, 2.75) is 6.82 Å². The Hall–Kier alpha value is -0.395. The second kappa shape index (κ2) is 4.60. The molecule has 6 heavy (non-hydrogen) atoms. The lowest BCUT2D eigenvalue weighted by Crippen LogP contribution is -1.91. The lowest BCUT2D eigenvalue weighted by Gasteiger charge is -1.78. The predicted molar refractivity (Wildman–Crippen MR) is 31.2 cm³/mol. The number of hydrogen-bond donors (Lipinski definition) is 1. The Morgan fingerprint density at radius 2 is 2.33 bits per heavy atom. The molecule has 0 aliphatic rings. The predicted octanol–water partition coefficient (Wildman–Crippen LogP) is 0.162. The molecular weight excluding hydrogens is 72.9 g/mol. The lowest BCUT2D eigenvalue weighted by atomic mass is 9.83. The minimum atomic E-state index is 1.11. The molecule has 0 atom stereocenters. The van der Waals surface area contributed by atoms with Crippen LogP contribution in [0.5, 0.6) is 0 Å². The van der Waals surface area contributed by atoms with Crippen molar-refractivity contribution >= 4 is 7.28 Å². The van der Waals surface area contributed by atoms with Crippen molar-refractivity contribution in [2.75, 3.05) is 7.05 Å². The van der Waals surface area contributed by atoms with Gasteiger partial charge in [0.1, 0.15) is 7.28 Å². The molecule has 0 saturated heterocycles. The van der Waals surface area contributed by atoms with Gasteiger partial charge in [-0.05, 0) is 6.20 Å². The molecule has 0 spiro atoms. The summed E-state index contributed by atoms with van der Waals surface area (Å²) in [7, 11) is 3.01. The number of nitrogens with one attached hydrogen (secondary N) is 1. The highest BCUT2D eigenvalue weighted by Crippen LogP contribution is 1.58. The molecule has 0 aromatic carbocycles. The van der Waals surface area contributed by atoms with E-state index in [0.717, 1.165) is 7.28 Å². The molecule has 0 fully saturated rings. The van der Waals surface area contributed by atoms with E-state index in [1.54, 1.807) is 0 Å². The number of hydrogen-bond acceptors (Lipinski definition) is 1. The lowest BCUT2D eigenvalue weighted by molar-refractivity contribution is 1.11. The molecule has 0 heterocycles. The van der Waals surface area contributed by atoms with E-state index in [1.165, 1.54) is 0 Å². The van der Waals surface area contributed by atoms with Crippen LogP contribution in [0.15, 0.2) is 12.2 Å². The van der Waals surface area contributed by atoms with Crippen LogP contribution in [-0.4, -0.2) is 14.3 Å². The Morgan fingerprint density at radius 3 is 2.50 bits per heavy atom. The first-order valence-corrected chi connectivity index (χ1v) is 2.24. The zero-order valence-corrected chi connectivity index (χ0v) is 4.36. The fourth-order valence-corrected chi connectivity index (χ4v) is 0.236. The second-order valence-electron chi connectivity index (χ2n) is 1.10. The normalized spacial score (nSPS) is 9.00. The van der Waals surface area contributed by atoms with Crippen LogP contribution in [0.3, 0.4) is 0 Å². The highest BCUT2D eigenvalue weighted by molar-refractivity contribution is 6.40. The van der Waals surface area contributed by atoms with E-state index in [2.05, 4.69) is 18.1 Å². The van der Waals surface area contributed by atoms with Crippen molar-refractivity contribution in [1.82, 2.24) is 5.32 Å². The van der Waals surface area contributed by atoms with Crippen LogP contribution >= 0.6 is 0 Å². The molecule has 2 heteroatoms. The van der Waals surface area contributed by atoms with Gasteiger partial charge in [0.2, 0.25) is 0 Å². The maximum absolute atomic E-state index is 2.89. The monoisotopic (exact) mass is 83.1 g/mol. The van der Waals surface area contributed by atoms with Gasteiger partial charge in [-0.1, -0.05) is 6.82 Å². The smallest absolute Gasteiger partial charge is 0.146 e. The fraction of sp³-hybridized carbons (Fsp3) is 0.500. The van der Waals surface area contributed by atoms with Crippen LogP contribution in [-0.2, 0) is 0 Å². The summed E-state index contributed by atoms with van der Waals surface area (Å²) in [5.74, 6) is 2.07. The summed E-state index contributed by atoms with van der Waals surface area (Å²) in [5.41, 5.74) is 0. The first-order chi connectivity index (χ1) is 2.91. The van der Waals surface area contributed by atoms with Gasteiger partial charge in [-0.25, -0.2) is 0 Å². The third-order valence-corrected chi connectivity index (χ3v) is 0.520. The van der Waals surface area contributed by atoms with Crippen molar-refractivity contribution in [3.63, 3.8) is 0 Å². The molecular formula is C4H10BN. The van der Waals surface area contributed by atoms with Crippen LogP contribution in [0.2, 0.25) is 6.82 Å². The molecule has 0 amide bonds. The highest BCUT2D eigenvalue weighted by Gasteiger charge is 1.61. The van der Waals surface area contributed by atoms with Gasteiger partial charge in [-0.2, -0.15) is 0 Å². The largest absolute Gasteiger partial charge is 0.395 e. The van der Waals surface area contributed by atoms with Crippen molar-refractivity contribution < 1.29 is 0 Å². The van der Waals surface area contributed by atoms with Crippen molar-refractivity contribution in [1.29, 1.82) is 0 Å². The zero-order chi connectivity index (χ0) is 4.83. The van der Waals surface area contributed by atoms with Crippen molar-refractivity contribution in [2.24, 2.45) is 0 Å². The van der Waals surface area contributed by atoms with E-state index in [0.29, 0.717) is 0 Å². The average Bonchev–Trinajstić information content (AvgIpc) is 1.61. The Morgan fingerprint density at radius 1 is 1.67 bits per heavy atom. The van der Waals surface area contributed by atoms with Crippen LogP contribution in [0, 0.1) is 0 Å². The van der Waals surface area contributed by atoms with Gasteiger partial charge in [0.05, 0.1) is 0 Å². The second-order valence-corrected chi connectivity index (χ2v) is 1.10. The minimum absolute atomic E-state index is 1.11. The van der Waals surface area contributed by atoms with Crippen LogP contribution in [0.25, 0.3) is 0 Å². The first kappa shape index (κ1) is 5.60. The van der Waals surface area contributed by atoms with E-state index in [9.17, 15) is 0 Å². The van der Waals surface area contributed by atoms with Gasteiger partial charge < -0.3 is 5.32 Å². The molecule has 0 saturated carbocycles. The van der Waals surface area contributed by atoms with Gasteiger partial charge in [0, 0.05) is 7.05 Å². The molecule has 0 aromatic heterocycles. The minimum Gasteiger partial charge on any atom is -0.395 e. The topological polar surface area (TPSA) is 12.0 Å². The molecule has 0 radical (unpaired) electrons. The van der Waals surface area contributed by atoms with Gasteiger partial charge in [-0.15, -0.1) is 5.98 Å². The molecule has 0 unspecified atom stereocenters. The Balaban J connectivity index is 2.73. The van der Waals surface area contributed by atoms with Crippen LogP contribution in [0.4, 0.5) is 0 Å². The molecule has 34 valence electrons. The quantitative estimate of drug-likeness (QED) is 0.469. The Bertz CT molecular complexity index is 36.8. The van der Waals surface area contributed by atoms with Gasteiger partial charge >= 0.3 is 0 Å². The molecule has 0 bridgehead atoms. The Labute approximate surface area is 39.7 Å². The van der Waals surface area contributed by atoms with E-state index in [-0.39, 0.29) is 0 Å². The zero-order valence-electron chi connectivity index (χ0n) is 4.36. The van der Waals surface area contributed by atoms with Gasteiger partial charge in [0.25, 0.3) is 0 Å². The molecule has 1 nitrogen and oxygen atoms in total. The summed E-state index contributed by atoms with van der Waals surface area (Å²) in [6.07, 6.45) is 1.93. The summed E-state index contributed by atoms with van der Waals surface area (Å²) in [6, 6.07) is 0. The third-order valence-electron chi connectivity index (χ3n) is 0.520. The van der Waals surface area contributed by atoms with E-state index < -0.39 is 0 Å². The van der Waals surface area contributed by atoms with Crippen LogP contribution in [0.1, 0.15) is 0 Å². The molecule has 0 aliphatic carbocycles. The Kier molecular flexibility index (Phi) is 4.30. The maximum Gasteiger partial charge on any atom is 0.146 e. The van der Waals surface area contributed by atoms with E-state index in [1.807, 2.05) is 13.2 Å². The standard InChI is InChI=1S/C4H10BN/c1-5-3-4-6-2/h3-6H,1-2H3/b4-3-. The summed E-state index contributed by atoms with van der Waals surface area (Å²) < 4.78 is 0. The molecule has 1 N–H and O–H groups in total. The fourth-order valence-electron chi connectivity index (χ4n) is 0.236. The van der Waals surface area contributed by atoms with E-state index in [4.69, 9.17) is 0 Å². The van der Waals surface area contributed by atoms with Crippen LogP contribution < -0.4 is 5.32 Å². The van der Waals surface area contributed by atoms with Crippen molar-refractivity contribution in [3.8, 4) is 0 Å². The third kappa shape index (κ3) is 3.60. The summed E-state index contributed by atoms with van der Waals surface area (Å²) >= 11 is 0. The summed E-state index contributed by atoms with van der Waals surface area (Å²) in [6.45, 7) is 2.10. The van der Waals surface area contributed by atoms with Gasteiger partial charge in [-0.3, -0.25) is 0 Å². The number of rotatable bonds is 2. The maximum atomic E-state index is 2.89. The SMILES string of the molecule is CB/C=C\NC. The summed E-state index contributed by atoms with van der Waals surface area (Å²) in [4.78, 5) is 0. The first-order valence-electron chi connectivity index (χ1n) is 2.24. The molecule has 0 rings (SSSR count). The van der Waals surface area contributed by atoms with E-state index >= 15 is 0 Å². The average molecular weight is 82.9 g/mol.